The zero-order valence-electron chi connectivity index (χ0n) is 9.52. The first kappa shape index (κ1) is 12.1. The van der Waals surface area contributed by atoms with Crippen LogP contribution in [-0.2, 0) is 11.3 Å². The Kier molecular flexibility index (Phi) is 3.44. The van der Waals surface area contributed by atoms with E-state index in [9.17, 15) is 4.79 Å². The molecule has 0 saturated heterocycles. The molecule has 2 rings (SSSR count). The summed E-state index contributed by atoms with van der Waals surface area (Å²) in [6, 6.07) is 1.65. The Bertz CT molecular complexity index is 526. The van der Waals surface area contributed by atoms with E-state index >= 15 is 0 Å². The normalized spacial score (nSPS) is 10.5. The van der Waals surface area contributed by atoms with Crippen LogP contribution < -0.4 is 5.73 Å². The zero-order valence-corrected chi connectivity index (χ0v) is 11.2. The second kappa shape index (κ2) is 4.85. The first-order valence-corrected chi connectivity index (χ1v) is 6.70. The summed E-state index contributed by atoms with van der Waals surface area (Å²) < 4.78 is 5.16. The van der Waals surface area contributed by atoms with Crippen LogP contribution in [0.4, 0.5) is 5.69 Å². The van der Waals surface area contributed by atoms with Crippen molar-refractivity contribution in [3.63, 3.8) is 0 Å². The minimum Gasteiger partial charge on any atom is -0.454 e. The number of nitrogen functional groups attached to an aromatic ring is 1. The van der Waals surface area contributed by atoms with Gasteiger partial charge < -0.3 is 10.5 Å². The second-order valence-corrected chi connectivity index (χ2v) is 5.78. The molecule has 4 nitrogen and oxygen atoms in total. The lowest BCUT2D eigenvalue weighted by atomic mass is 10.4. The van der Waals surface area contributed by atoms with Crippen molar-refractivity contribution in [2.75, 3.05) is 5.73 Å². The summed E-state index contributed by atoms with van der Waals surface area (Å²) in [5, 5.41) is 2.73. The molecule has 6 heteroatoms. The topological polar surface area (TPSA) is 65.2 Å². The Balaban J connectivity index is 1.98. The van der Waals surface area contributed by atoms with Crippen molar-refractivity contribution < 1.29 is 9.53 Å². The van der Waals surface area contributed by atoms with Gasteiger partial charge in [0.25, 0.3) is 0 Å². The van der Waals surface area contributed by atoms with Crippen molar-refractivity contribution >= 4 is 34.3 Å². The van der Waals surface area contributed by atoms with E-state index in [0.717, 1.165) is 15.6 Å². The first-order valence-electron chi connectivity index (χ1n) is 5.00. The molecular weight excluding hydrogens is 256 g/mol. The van der Waals surface area contributed by atoms with Gasteiger partial charge in [-0.05, 0) is 19.9 Å². The molecule has 0 aromatic carbocycles. The van der Waals surface area contributed by atoms with Crippen LogP contribution >= 0.6 is 22.7 Å². The maximum absolute atomic E-state index is 11.7. The number of nitrogens with two attached hydrogens (primary N) is 1. The average molecular weight is 268 g/mol. The number of rotatable bonds is 3. The van der Waals surface area contributed by atoms with Gasteiger partial charge in [0, 0.05) is 21.6 Å². The number of aromatic nitrogens is 1. The van der Waals surface area contributed by atoms with Gasteiger partial charge in [0.2, 0.25) is 0 Å². The van der Waals surface area contributed by atoms with Crippen molar-refractivity contribution in [1.29, 1.82) is 0 Å². The number of thiazole rings is 1. The molecule has 17 heavy (non-hydrogen) atoms. The number of carbonyl (C=O) groups is 1. The summed E-state index contributed by atoms with van der Waals surface area (Å²) in [4.78, 5) is 17.4. The molecule has 0 amide bonds. The van der Waals surface area contributed by atoms with Crippen LogP contribution in [0.15, 0.2) is 11.4 Å². The number of ether oxygens (including phenoxy) is 1. The maximum atomic E-state index is 11.7. The lowest BCUT2D eigenvalue weighted by molar-refractivity contribution is 0.0478. The third kappa shape index (κ3) is 2.83. The third-order valence-electron chi connectivity index (χ3n) is 2.15. The largest absolute Gasteiger partial charge is 0.454 e. The van der Waals surface area contributed by atoms with E-state index in [-0.39, 0.29) is 12.6 Å². The number of hydrogen-bond donors (Lipinski definition) is 1. The van der Waals surface area contributed by atoms with E-state index in [4.69, 9.17) is 10.5 Å². The average Bonchev–Trinajstić information content (AvgIpc) is 2.83. The highest BCUT2D eigenvalue weighted by Crippen LogP contribution is 2.24. The Hall–Kier alpha value is -1.40. The molecule has 0 aliphatic carbocycles. The summed E-state index contributed by atoms with van der Waals surface area (Å²) >= 11 is 2.83. The fraction of sp³-hybridized carbons (Fsp3) is 0.273. The van der Waals surface area contributed by atoms with E-state index in [1.165, 1.54) is 22.7 Å². The molecule has 0 aliphatic heterocycles. The number of nitrogens with zero attached hydrogens (tertiary/aromatic N) is 1. The molecule has 2 heterocycles. The lowest BCUT2D eigenvalue weighted by Gasteiger charge is -1.99. The molecule has 0 aliphatic rings. The van der Waals surface area contributed by atoms with Crippen LogP contribution in [-0.4, -0.2) is 11.0 Å². The smallest absolute Gasteiger partial charge is 0.348 e. The molecule has 0 spiro atoms. The molecule has 0 atom stereocenters. The molecule has 2 aromatic rings. The molecule has 2 aromatic heterocycles. The monoisotopic (exact) mass is 268 g/mol. The van der Waals surface area contributed by atoms with Gasteiger partial charge in [-0.2, -0.15) is 0 Å². The van der Waals surface area contributed by atoms with Gasteiger partial charge in [-0.15, -0.1) is 22.7 Å². The number of carbonyl (C=O) groups excluding carboxylic acids is 1. The molecule has 0 saturated carbocycles. The Labute approximate surface area is 107 Å². The molecule has 0 bridgehead atoms. The molecule has 0 fully saturated rings. The highest BCUT2D eigenvalue weighted by atomic mass is 32.1. The highest BCUT2D eigenvalue weighted by Gasteiger charge is 2.13. The van der Waals surface area contributed by atoms with E-state index in [2.05, 4.69) is 4.98 Å². The van der Waals surface area contributed by atoms with Crippen molar-refractivity contribution in [2.24, 2.45) is 0 Å². The Morgan fingerprint density at radius 1 is 1.53 bits per heavy atom. The number of aryl methyl sites for hydroxylation is 2. The SMILES string of the molecule is Cc1csc(COC(=O)c2cc(N)c(C)s2)n1. The van der Waals surface area contributed by atoms with Crippen LogP contribution in [0.2, 0.25) is 0 Å². The highest BCUT2D eigenvalue weighted by molar-refractivity contribution is 7.14. The van der Waals surface area contributed by atoms with Gasteiger partial charge in [-0.25, -0.2) is 9.78 Å². The summed E-state index contributed by atoms with van der Waals surface area (Å²) in [7, 11) is 0. The molecule has 2 N–H and O–H groups in total. The predicted molar refractivity (Wildman–Crippen MR) is 69.4 cm³/mol. The number of thiophene rings is 1. The second-order valence-electron chi connectivity index (χ2n) is 3.58. The number of anilines is 1. The lowest BCUT2D eigenvalue weighted by Crippen LogP contribution is -2.03. The Morgan fingerprint density at radius 2 is 2.29 bits per heavy atom. The summed E-state index contributed by atoms with van der Waals surface area (Å²) in [5.74, 6) is -0.345. The first-order chi connectivity index (χ1) is 8.06. The van der Waals surface area contributed by atoms with Gasteiger partial charge in [-0.1, -0.05) is 0 Å². The van der Waals surface area contributed by atoms with E-state index in [1.54, 1.807) is 6.07 Å². The molecular formula is C11H12N2O2S2. The van der Waals surface area contributed by atoms with Gasteiger partial charge in [-0.3, -0.25) is 0 Å². The van der Waals surface area contributed by atoms with Crippen LogP contribution in [0.25, 0.3) is 0 Å². The summed E-state index contributed by atoms with van der Waals surface area (Å²) in [6.07, 6.45) is 0. The van der Waals surface area contributed by atoms with Crippen molar-refractivity contribution in [1.82, 2.24) is 4.98 Å². The minimum absolute atomic E-state index is 0.216. The number of hydrogen-bond acceptors (Lipinski definition) is 6. The molecule has 90 valence electrons. The molecule has 0 unspecified atom stereocenters. The van der Waals surface area contributed by atoms with Gasteiger partial charge in [0.15, 0.2) is 0 Å². The predicted octanol–water partition coefficient (Wildman–Crippen LogP) is 2.76. The standard InChI is InChI=1S/C11H12N2O2S2/c1-6-5-16-10(13-6)4-15-11(14)9-3-8(12)7(2)17-9/h3,5H,4,12H2,1-2H3. The van der Waals surface area contributed by atoms with E-state index < -0.39 is 0 Å². The van der Waals surface area contributed by atoms with Crippen LogP contribution in [0.1, 0.15) is 25.3 Å². The quantitative estimate of drug-likeness (QED) is 0.869. The fourth-order valence-electron chi connectivity index (χ4n) is 1.26. The summed E-state index contributed by atoms with van der Waals surface area (Å²) in [6.45, 7) is 4.00. The van der Waals surface area contributed by atoms with Crippen molar-refractivity contribution in [2.45, 2.75) is 20.5 Å². The Morgan fingerprint density at radius 3 is 2.82 bits per heavy atom. The van der Waals surface area contributed by atoms with Crippen LogP contribution in [0, 0.1) is 13.8 Å². The van der Waals surface area contributed by atoms with Crippen molar-refractivity contribution in [3.8, 4) is 0 Å². The minimum atomic E-state index is -0.345. The number of esters is 1. The molecule has 0 radical (unpaired) electrons. The van der Waals surface area contributed by atoms with Crippen LogP contribution in [0.5, 0.6) is 0 Å². The van der Waals surface area contributed by atoms with Gasteiger partial charge in [0.05, 0.1) is 0 Å². The van der Waals surface area contributed by atoms with E-state index in [1.807, 2.05) is 19.2 Å². The maximum Gasteiger partial charge on any atom is 0.348 e. The van der Waals surface area contributed by atoms with Gasteiger partial charge in [0.1, 0.15) is 16.5 Å². The van der Waals surface area contributed by atoms with Gasteiger partial charge >= 0.3 is 5.97 Å². The third-order valence-corrected chi connectivity index (χ3v) is 4.14. The zero-order chi connectivity index (χ0) is 12.4. The summed E-state index contributed by atoms with van der Waals surface area (Å²) in [5.41, 5.74) is 7.25. The van der Waals surface area contributed by atoms with Crippen molar-refractivity contribution in [3.05, 3.63) is 31.9 Å². The fourth-order valence-corrected chi connectivity index (χ4v) is 2.78. The van der Waals surface area contributed by atoms with E-state index in [0.29, 0.717) is 10.6 Å². The van der Waals surface area contributed by atoms with Crippen LogP contribution in [0.3, 0.4) is 0 Å².